The summed E-state index contributed by atoms with van der Waals surface area (Å²) in [6.45, 7) is 0.241. The van der Waals surface area contributed by atoms with Crippen LogP contribution in [0.25, 0.3) is 11.1 Å². The van der Waals surface area contributed by atoms with Crippen molar-refractivity contribution in [2.24, 2.45) is 5.73 Å². The third-order valence-electron chi connectivity index (χ3n) is 3.72. The van der Waals surface area contributed by atoms with Crippen LogP contribution in [0.15, 0.2) is 68.9 Å². The molecule has 2 aromatic heterocycles. The van der Waals surface area contributed by atoms with Crippen molar-refractivity contribution in [3.05, 3.63) is 59.7 Å². The number of aromatic nitrogens is 1. The fraction of sp³-hybridized carbons (Fsp3) is 0.118. The molecule has 2 N–H and O–H groups in total. The standard InChI is InChI=1S/C17H16N2O4S3.2ClH/c1-25(20,21)15-7-13(12-3-2-6-19-11-12)8-16(9-15)26(22,23)17-5-4-14(10-18)24-17;;/h2-9,11H,10,18H2,1H3;2*1H. The van der Waals surface area contributed by atoms with E-state index in [1.165, 1.54) is 24.3 Å². The van der Waals surface area contributed by atoms with Crippen LogP contribution in [-0.4, -0.2) is 28.1 Å². The Balaban J connectivity index is 0.00000196. The van der Waals surface area contributed by atoms with E-state index in [9.17, 15) is 16.8 Å². The second-order valence-corrected chi connectivity index (χ2v) is 11.0. The van der Waals surface area contributed by atoms with Gasteiger partial charge in [-0.3, -0.25) is 4.98 Å². The second kappa shape index (κ2) is 9.34. The molecule has 1 aromatic carbocycles. The van der Waals surface area contributed by atoms with Gasteiger partial charge in [0.25, 0.3) is 0 Å². The molecule has 11 heteroatoms. The molecule has 3 rings (SSSR count). The molecule has 0 fully saturated rings. The Morgan fingerprint density at radius 2 is 1.64 bits per heavy atom. The Bertz CT molecular complexity index is 1160. The molecule has 2 heterocycles. The van der Waals surface area contributed by atoms with Crippen molar-refractivity contribution < 1.29 is 16.8 Å². The molecule has 0 amide bonds. The molecule has 0 aliphatic heterocycles. The summed E-state index contributed by atoms with van der Waals surface area (Å²) in [5.74, 6) is 0. The summed E-state index contributed by atoms with van der Waals surface area (Å²) in [5.41, 5.74) is 6.65. The van der Waals surface area contributed by atoms with Gasteiger partial charge in [-0.1, -0.05) is 6.07 Å². The van der Waals surface area contributed by atoms with Crippen LogP contribution in [0, 0.1) is 0 Å². The smallest absolute Gasteiger partial charge is 0.216 e. The van der Waals surface area contributed by atoms with Crippen molar-refractivity contribution in [1.29, 1.82) is 0 Å². The zero-order valence-electron chi connectivity index (χ0n) is 14.6. The number of nitrogens with two attached hydrogens (primary N) is 1. The van der Waals surface area contributed by atoms with Crippen molar-refractivity contribution in [3.8, 4) is 11.1 Å². The minimum absolute atomic E-state index is 0. The molecule has 0 saturated carbocycles. The number of sulfone groups is 2. The van der Waals surface area contributed by atoms with Gasteiger partial charge in [0.1, 0.15) is 4.21 Å². The van der Waals surface area contributed by atoms with Gasteiger partial charge < -0.3 is 5.73 Å². The summed E-state index contributed by atoms with van der Waals surface area (Å²) < 4.78 is 50.2. The van der Waals surface area contributed by atoms with Gasteiger partial charge in [-0.2, -0.15) is 0 Å². The van der Waals surface area contributed by atoms with E-state index in [2.05, 4.69) is 4.98 Å². The lowest BCUT2D eigenvalue weighted by Gasteiger charge is -2.09. The first-order chi connectivity index (χ1) is 12.2. The molecule has 0 radical (unpaired) electrons. The van der Waals surface area contributed by atoms with Gasteiger partial charge in [0.05, 0.1) is 9.79 Å². The second-order valence-electron chi connectivity index (χ2n) is 5.64. The molecule has 0 atom stereocenters. The Morgan fingerprint density at radius 1 is 0.964 bits per heavy atom. The van der Waals surface area contributed by atoms with Gasteiger partial charge in [-0.05, 0) is 42.0 Å². The third-order valence-corrected chi connectivity index (χ3v) is 8.14. The minimum Gasteiger partial charge on any atom is -0.326 e. The monoisotopic (exact) mass is 480 g/mol. The molecule has 6 nitrogen and oxygen atoms in total. The first-order valence-corrected chi connectivity index (χ1v) is 11.7. The maximum Gasteiger partial charge on any atom is 0.216 e. The van der Waals surface area contributed by atoms with Gasteiger partial charge in [-0.15, -0.1) is 36.2 Å². The van der Waals surface area contributed by atoms with E-state index in [1.54, 1.807) is 30.6 Å². The predicted octanol–water partition coefficient (Wildman–Crippen LogP) is 3.35. The SMILES string of the molecule is CS(=O)(=O)c1cc(-c2cccnc2)cc(S(=O)(=O)c2ccc(CN)s2)c1.Cl.Cl. The lowest BCUT2D eigenvalue weighted by atomic mass is 10.1. The van der Waals surface area contributed by atoms with Gasteiger partial charge in [0.2, 0.25) is 9.84 Å². The minimum atomic E-state index is -3.86. The first-order valence-electron chi connectivity index (χ1n) is 7.51. The summed E-state index contributed by atoms with van der Waals surface area (Å²) in [4.78, 5) is 4.60. The van der Waals surface area contributed by atoms with Gasteiger partial charge in [0.15, 0.2) is 9.84 Å². The third kappa shape index (κ3) is 5.11. The molecule has 3 aromatic rings. The van der Waals surface area contributed by atoms with Crippen LogP contribution < -0.4 is 5.73 Å². The maximum atomic E-state index is 13.0. The summed E-state index contributed by atoms with van der Waals surface area (Å²) in [5, 5.41) is 0. The molecule has 0 aliphatic carbocycles. The molecule has 0 saturated heterocycles. The van der Waals surface area contributed by atoms with Crippen molar-refractivity contribution in [3.63, 3.8) is 0 Å². The fourth-order valence-electron chi connectivity index (χ4n) is 2.37. The molecular weight excluding hydrogens is 463 g/mol. The number of pyridine rings is 1. The quantitative estimate of drug-likeness (QED) is 0.599. The fourth-order valence-corrected chi connectivity index (χ4v) is 5.83. The summed E-state index contributed by atoms with van der Waals surface area (Å²) in [6, 6.07) is 10.7. The van der Waals surface area contributed by atoms with Crippen LogP contribution in [0.3, 0.4) is 0 Å². The molecular formula is C17H18Cl2N2O4S3. The van der Waals surface area contributed by atoms with Crippen LogP contribution in [0.4, 0.5) is 0 Å². The van der Waals surface area contributed by atoms with E-state index in [4.69, 9.17) is 5.73 Å². The first kappa shape index (κ1) is 24.5. The molecule has 0 bridgehead atoms. The highest BCUT2D eigenvalue weighted by molar-refractivity contribution is 7.93. The van der Waals surface area contributed by atoms with Crippen molar-refractivity contribution in [1.82, 2.24) is 4.98 Å². The van der Waals surface area contributed by atoms with Crippen molar-refractivity contribution in [2.75, 3.05) is 6.26 Å². The Labute approximate surface area is 180 Å². The number of hydrogen-bond donors (Lipinski definition) is 1. The van der Waals surface area contributed by atoms with Gasteiger partial charge in [-0.25, -0.2) is 16.8 Å². The highest BCUT2D eigenvalue weighted by Crippen LogP contribution is 2.32. The average Bonchev–Trinajstić information content (AvgIpc) is 3.11. The van der Waals surface area contributed by atoms with Crippen LogP contribution in [0.1, 0.15) is 4.88 Å². The lowest BCUT2D eigenvalue weighted by molar-refractivity contribution is 0.597. The highest BCUT2D eigenvalue weighted by Gasteiger charge is 2.23. The Morgan fingerprint density at radius 3 is 2.18 bits per heavy atom. The van der Waals surface area contributed by atoms with E-state index in [0.29, 0.717) is 11.1 Å². The Hall–Kier alpha value is -1.49. The molecule has 28 heavy (non-hydrogen) atoms. The van der Waals surface area contributed by atoms with Crippen molar-refractivity contribution >= 4 is 55.8 Å². The van der Waals surface area contributed by atoms with E-state index < -0.39 is 19.7 Å². The number of rotatable bonds is 5. The van der Waals surface area contributed by atoms with Crippen LogP contribution >= 0.6 is 36.2 Å². The highest BCUT2D eigenvalue weighted by atomic mass is 35.5. The van der Waals surface area contributed by atoms with E-state index in [-0.39, 0.29) is 45.4 Å². The average molecular weight is 481 g/mol. The molecule has 0 aliphatic rings. The summed E-state index contributed by atoms with van der Waals surface area (Å²) in [6.07, 6.45) is 4.18. The zero-order chi connectivity index (χ0) is 18.9. The zero-order valence-corrected chi connectivity index (χ0v) is 18.7. The summed E-state index contributed by atoms with van der Waals surface area (Å²) >= 11 is 1.07. The van der Waals surface area contributed by atoms with Crippen LogP contribution in [-0.2, 0) is 26.2 Å². The van der Waals surface area contributed by atoms with E-state index in [1.807, 2.05) is 0 Å². The van der Waals surface area contributed by atoms with Crippen molar-refractivity contribution in [2.45, 2.75) is 20.5 Å². The van der Waals surface area contributed by atoms with E-state index in [0.717, 1.165) is 22.5 Å². The Kier molecular flexibility index (Phi) is 8.19. The maximum absolute atomic E-state index is 13.0. The number of thiophene rings is 1. The largest absolute Gasteiger partial charge is 0.326 e. The molecule has 0 unspecified atom stereocenters. The topological polar surface area (TPSA) is 107 Å². The van der Waals surface area contributed by atoms with Gasteiger partial charge in [0, 0.05) is 35.6 Å². The number of benzene rings is 1. The van der Waals surface area contributed by atoms with E-state index >= 15 is 0 Å². The molecule has 152 valence electrons. The summed E-state index contributed by atoms with van der Waals surface area (Å²) in [7, 11) is -7.46. The molecule has 0 spiro atoms. The number of halogens is 2. The lowest BCUT2D eigenvalue weighted by Crippen LogP contribution is -2.04. The predicted molar refractivity (Wildman–Crippen MR) is 115 cm³/mol. The number of nitrogens with zero attached hydrogens (tertiary/aromatic N) is 1. The normalized spacial score (nSPS) is 11.4. The number of hydrogen-bond acceptors (Lipinski definition) is 7. The van der Waals surface area contributed by atoms with Gasteiger partial charge >= 0.3 is 0 Å². The van der Waals surface area contributed by atoms with Crippen LogP contribution in [0.5, 0.6) is 0 Å². The van der Waals surface area contributed by atoms with Crippen LogP contribution in [0.2, 0.25) is 0 Å².